The van der Waals surface area contributed by atoms with Crippen LogP contribution in [0, 0.1) is 17.8 Å². The highest BCUT2D eigenvalue weighted by Gasteiger charge is 2.55. The highest BCUT2D eigenvalue weighted by molar-refractivity contribution is 5.89. The van der Waals surface area contributed by atoms with Gasteiger partial charge in [0, 0.05) is 12.1 Å². The summed E-state index contributed by atoms with van der Waals surface area (Å²) in [4.78, 5) is 35.0. The van der Waals surface area contributed by atoms with E-state index in [0.717, 1.165) is 18.3 Å². The lowest BCUT2D eigenvalue weighted by Gasteiger charge is -2.44. The predicted octanol–water partition coefficient (Wildman–Crippen LogP) is 0.430. The molecule has 2 aliphatic carbocycles. The van der Waals surface area contributed by atoms with Crippen LogP contribution in [0.5, 0.6) is 0 Å². The van der Waals surface area contributed by atoms with Gasteiger partial charge >= 0.3 is 5.97 Å². The van der Waals surface area contributed by atoms with E-state index >= 15 is 0 Å². The van der Waals surface area contributed by atoms with Crippen molar-refractivity contribution in [3.8, 4) is 0 Å². The summed E-state index contributed by atoms with van der Waals surface area (Å²) in [6.45, 7) is 0. The van der Waals surface area contributed by atoms with Crippen LogP contribution in [0.15, 0.2) is 52.7 Å². The zero-order chi connectivity index (χ0) is 19.7. The van der Waals surface area contributed by atoms with Crippen molar-refractivity contribution < 1.29 is 15.0 Å². The fourth-order valence-electron chi connectivity index (χ4n) is 5.08. The van der Waals surface area contributed by atoms with E-state index in [1.807, 2.05) is 18.2 Å². The van der Waals surface area contributed by atoms with Gasteiger partial charge in [-0.25, -0.2) is 19.8 Å². The molecule has 2 N–H and O–H groups in total. The largest absolute Gasteiger partial charge is 0.493 e. The fourth-order valence-corrected chi connectivity index (χ4v) is 5.08. The zero-order valence-corrected chi connectivity index (χ0v) is 15.1. The molecule has 2 aliphatic heterocycles. The molecule has 1 fully saturated rings. The number of carbonyl (C=O) groups is 1. The lowest BCUT2D eigenvalue weighted by molar-refractivity contribution is 0.0689. The molecule has 4 aliphatic rings. The second-order valence-electron chi connectivity index (χ2n) is 7.68. The van der Waals surface area contributed by atoms with Crippen molar-refractivity contribution in [2.24, 2.45) is 27.7 Å². The molecule has 29 heavy (non-hydrogen) atoms. The Morgan fingerprint density at radius 1 is 1.17 bits per heavy atom. The Kier molecular flexibility index (Phi) is 3.21. The summed E-state index contributed by atoms with van der Waals surface area (Å²) in [5, 5.41) is 20.4. The minimum Gasteiger partial charge on any atom is -0.493 e. The molecule has 9 heteroatoms. The SMILES string of the molecule is O=C(O)c1cnc2c(n1)=C(O)N1C(=NC(c3ccccn3)C3C4C=CC(C4)C31)N=2. The molecule has 144 valence electrons. The van der Waals surface area contributed by atoms with Crippen molar-refractivity contribution in [3.05, 3.63) is 65.0 Å². The average molecular weight is 388 g/mol. The highest BCUT2D eigenvalue weighted by atomic mass is 16.4. The molecule has 0 saturated heterocycles. The number of aromatic carboxylic acids is 1. The molecular formula is C20H16N6O3. The Balaban J connectivity index is 1.58. The van der Waals surface area contributed by atoms with Crippen molar-refractivity contribution in [1.29, 1.82) is 0 Å². The molecule has 0 spiro atoms. The molecule has 9 nitrogen and oxygen atoms in total. The molecule has 2 bridgehead atoms. The molecule has 2 aromatic heterocycles. The number of aliphatic hydroxyl groups is 1. The van der Waals surface area contributed by atoms with E-state index in [-0.39, 0.29) is 46.3 Å². The summed E-state index contributed by atoms with van der Waals surface area (Å²) in [7, 11) is 0. The van der Waals surface area contributed by atoms with Gasteiger partial charge in [0.1, 0.15) is 6.04 Å². The highest BCUT2D eigenvalue weighted by Crippen LogP contribution is 2.54. The van der Waals surface area contributed by atoms with E-state index in [0.29, 0.717) is 11.9 Å². The fraction of sp³-hybridized carbons (Fsp3) is 0.300. The van der Waals surface area contributed by atoms with Crippen LogP contribution in [0.25, 0.3) is 5.88 Å². The minimum absolute atomic E-state index is 0.0447. The van der Waals surface area contributed by atoms with E-state index in [1.54, 1.807) is 11.1 Å². The van der Waals surface area contributed by atoms with Gasteiger partial charge in [-0.05, 0) is 30.4 Å². The summed E-state index contributed by atoms with van der Waals surface area (Å²) >= 11 is 0. The van der Waals surface area contributed by atoms with Gasteiger partial charge in [-0.15, -0.1) is 0 Å². The Morgan fingerprint density at radius 3 is 2.83 bits per heavy atom. The number of allylic oxidation sites excluding steroid dienone is 1. The molecule has 5 unspecified atom stereocenters. The average Bonchev–Trinajstić information content (AvgIpc) is 3.36. The minimum atomic E-state index is -1.21. The third-order valence-electron chi connectivity index (χ3n) is 6.22. The quantitative estimate of drug-likeness (QED) is 0.715. The maximum atomic E-state index is 11.3. The lowest BCUT2D eigenvalue weighted by Crippen LogP contribution is -2.56. The Morgan fingerprint density at radius 2 is 2.03 bits per heavy atom. The van der Waals surface area contributed by atoms with Crippen molar-refractivity contribution in [3.63, 3.8) is 0 Å². The topological polar surface area (TPSA) is 124 Å². The number of rotatable bonds is 2. The van der Waals surface area contributed by atoms with Gasteiger partial charge in [-0.1, -0.05) is 18.2 Å². The number of hydrogen-bond donors (Lipinski definition) is 2. The van der Waals surface area contributed by atoms with Gasteiger partial charge in [0.25, 0.3) is 0 Å². The Labute approximate surface area is 164 Å². The van der Waals surface area contributed by atoms with Crippen LogP contribution in [-0.4, -0.2) is 48.0 Å². The number of aliphatic hydroxyl groups excluding tert-OH is 1. The molecule has 5 atom stereocenters. The van der Waals surface area contributed by atoms with Crippen LogP contribution in [0.2, 0.25) is 0 Å². The number of aliphatic imine (C=N–C) groups is 1. The van der Waals surface area contributed by atoms with Crippen LogP contribution < -0.4 is 10.8 Å². The number of carboxylic acids is 1. The molecule has 6 rings (SSSR count). The van der Waals surface area contributed by atoms with E-state index in [9.17, 15) is 15.0 Å². The van der Waals surface area contributed by atoms with Crippen LogP contribution in [0.4, 0.5) is 0 Å². The number of nitrogens with zero attached hydrogens (tertiary/aromatic N) is 6. The molecule has 0 amide bonds. The smallest absolute Gasteiger partial charge is 0.356 e. The molecule has 0 radical (unpaired) electrons. The van der Waals surface area contributed by atoms with Gasteiger partial charge in [-0.3, -0.25) is 9.88 Å². The molecule has 0 aromatic carbocycles. The first kappa shape index (κ1) is 16.3. The second kappa shape index (κ2) is 5.69. The van der Waals surface area contributed by atoms with Gasteiger partial charge < -0.3 is 10.2 Å². The van der Waals surface area contributed by atoms with E-state index in [2.05, 4.69) is 32.1 Å². The van der Waals surface area contributed by atoms with E-state index < -0.39 is 5.97 Å². The Bertz CT molecular complexity index is 1220. The van der Waals surface area contributed by atoms with Crippen LogP contribution in [0.3, 0.4) is 0 Å². The summed E-state index contributed by atoms with van der Waals surface area (Å²) in [5.41, 5.74) is 0.807. The molecule has 1 saturated carbocycles. The number of aromatic nitrogens is 3. The molecular weight excluding hydrogens is 372 g/mol. The normalized spacial score (nSPS) is 30.9. The standard InChI is InChI=1S/C20H16N6O3/c27-18-15-17(22-8-12(23-15)19(28)29)25-20-24-14(11-3-1-2-6-21-11)13-9-4-5-10(7-9)16(13)26(18)20/h1-6,8-10,13-14,16,27H,7H2,(H,28,29). The molecule has 4 heterocycles. The van der Waals surface area contributed by atoms with Crippen molar-refractivity contribution in [1.82, 2.24) is 19.9 Å². The summed E-state index contributed by atoms with van der Waals surface area (Å²) < 4.78 is 0. The van der Waals surface area contributed by atoms with E-state index in [1.165, 1.54) is 0 Å². The van der Waals surface area contributed by atoms with Crippen molar-refractivity contribution in [2.75, 3.05) is 0 Å². The number of pyridine rings is 1. The van der Waals surface area contributed by atoms with Crippen LogP contribution in [-0.2, 0) is 0 Å². The second-order valence-corrected chi connectivity index (χ2v) is 7.68. The number of hydrogen-bond acceptors (Lipinski definition) is 8. The van der Waals surface area contributed by atoms with Gasteiger partial charge in [-0.2, -0.15) is 4.99 Å². The van der Waals surface area contributed by atoms with Crippen molar-refractivity contribution >= 4 is 17.8 Å². The van der Waals surface area contributed by atoms with Gasteiger partial charge in [0.05, 0.1) is 17.9 Å². The summed E-state index contributed by atoms with van der Waals surface area (Å²) in [5.74, 6) is -0.255. The number of carboxylic acid groups (broad SMARTS) is 1. The van der Waals surface area contributed by atoms with Gasteiger partial charge in [0.2, 0.25) is 11.8 Å². The zero-order valence-electron chi connectivity index (χ0n) is 15.1. The monoisotopic (exact) mass is 388 g/mol. The van der Waals surface area contributed by atoms with Crippen LogP contribution >= 0.6 is 0 Å². The number of guanidine groups is 1. The van der Waals surface area contributed by atoms with Crippen LogP contribution in [0.1, 0.15) is 28.6 Å². The third kappa shape index (κ3) is 2.21. The third-order valence-corrected chi connectivity index (χ3v) is 6.22. The maximum absolute atomic E-state index is 11.3. The maximum Gasteiger partial charge on any atom is 0.356 e. The summed E-state index contributed by atoms with van der Waals surface area (Å²) in [6, 6.07) is 5.58. The van der Waals surface area contributed by atoms with Gasteiger partial charge in [0.15, 0.2) is 16.5 Å². The molecule has 2 aromatic rings. The number of fused-ring (bicyclic) bond motifs is 8. The summed E-state index contributed by atoms with van der Waals surface area (Å²) in [6.07, 6.45) is 8.30. The first-order chi connectivity index (χ1) is 14.1. The Hall–Kier alpha value is -3.62. The first-order valence-electron chi connectivity index (χ1n) is 9.46. The van der Waals surface area contributed by atoms with Crippen molar-refractivity contribution in [2.45, 2.75) is 18.5 Å². The lowest BCUT2D eigenvalue weighted by atomic mass is 9.79. The predicted molar refractivity (Wildman–Crippen MR) is 100 cm³/mol. The van der Waals surface area contributed by atoms with E-state index in [4.69, 9.17) is 4.99 Å². The first-order valence-corrected chi connectivity index (χ1v) is 9.46.